The topological polar surface area (TPSA) is 108 Å². The number of amides is 1. The van der Waals surface area contributed by atoms with Crippen molar-refractivity contribution in [3.63, 3.8) is 0 Å². The second-order valence-electron chi connectivity index (χ2n) is 9.85. The number of sulfonamides is 1. The van der Waals surface area contributed by atoms with Crippen molar-refractivity contribution in [1.29, 1.82) is 0 Å². The zero-order valence-corrected chi connectivity index (χ0v) is 24.0. The van der Waals surface area contributed by atoms with Crippen molar-refractivity contribution < 1.29 is 21.6 Å². The van der Waals surface area contributed by atoms with Crippen LogP contribution in [0.15, 0.2) is 52.3 Å². The number of piperidine rings is 1. The molecular formula is C26H32N4O5S3. The van der Waals surface area contributed by atoms with Gasteiger partial charge >= 0.3 is 0 Å². The van der Waals surface area contributed by atoms with E-state index in [1.54, 1.807) is 45.6 Å². The largest absolute Gasteiger partial charge is 0.345 e. The first kappa shape index (κ1) is 27.0. The van der Waals surface area contributed by atoms with E-state index in [2.05, 4.69) is 9.88 Å². The highest BCUT2D eigenvalue weighted by Crippen LogP contribution is 2.33. The molecule has 1 atom stereocenters. The molecule has 204 valence electrons. The van der Waals surface area contributed by atoms with Gasteiger partial charge in [0.15, 0.2) is 15.0 Å². The highest BCUT2D eigenvalue weighted by molar-refractivity contribution is 7.91. The van der Waals surface area contributed by atoms with E-state index < -0.39 is 19.9 Å². The summed E-state index contributed by atoms with van der Waals surface area (Å²) < 4.78 is 53.2. The number of rotatable bonds is 6. The summed E-state index contributed by atoms with van der Waals surface area (Å²) in [6, 6.07) is 11.5. The molecule has 2 aliphatic heterocycles. The molecular weight excluding hydrogens is 545 g/mol. The molecule has 38 heavy (non-hydrogen) atoms. The number of nitrogens with zero attached hydrogens (tertiary/aromatic N) is 4. The smallest absolute Gasteiger partial charge is 0.253 e. The minimum Gasteiger partial charge on any atom is -0.345 e. The van der Waals surface area contributed by atoms with Crippen LogP contribution in [0.2, 0.25) is 0 Å². The molecule has 1 amide bonds. The molecule has 0 aliphatic carbocycles. The van der Waals surface area contributed by atoms with Crippen LogP contribution in [0, 0.1) is 0 Å². The third-order valence-corrected chi connectivity index (χ3v) is 11.5. The monoisotopic (exact) mass is 576 g/mol. The van der Waals surface area contributed by atoms with E-state index >= 15 is 0 Å². The van der Waals surface area contributed by atoms with Crippen molar-refractivity contribution in [2.24, 2.45) is 0 Å². The van der Waals surface area contributed by atoms with E-state index in [1.807, 2.05) is 13.0 Å². The minimum atomic E-state index is -3.59. The van der Waals surface area contributed by atoms with Crippen LogP contribution in [0.5, 0.6) is 0 Å². The predicted octanol–water partition coefficient (Wildman–Crippen LogP) is 3.62. The van der Waals surface area contributed by atoms with Crippen LogP contribution < -0.4 is 4.90 Å². The third kappa shape index (κ3) is 5.18. The zero-order valence-electron chi connectivity index (χ0n) is 21.5. The van der Waals surface area contributed by atoms with Crippen LogP contribution in [-0.4, -0.2) is 82.0 Å². The summed E-state index contributed by atoms with van der Waals surface area (Å²) >= 11 is 1.44. The van der Waals surface area contributed by atoms with Gasteiger partial charge in [-0.2, -0.15) is 4.31 Å². The summed E-state index contributed by atoms with van der Waals surface area (Å²) in [6.45, 7) is 4.67. The Kier molecular flexibility index (Phi) is 7.51. The number of benzene rings is 2. The third-order valence-electron chi connectivity index (χ3n) is 7.36. The van der Waals surface area contributed by atoms with E-state index in [0.717, 1.165) is 35.5 Å². The molecule has 0 radical (unpaired) electrons. The Morgan fingerprint density at radius 3 is 2.34 bits per heavy atom. The van der Waals surface area contributed by atoms with Gasteiger partial charge < -0.3 is 9.80 Å². The number of sulfone groups is 1. The van der Waals surface area contributed by atoms with Crippen LogP contribution in [-0.2, 0) is 19.9 Å². The number of anilines is 1. The first-order valence-electron chi connectivity index (χ1n) is 12.9. The Labute approximate surface area is 228 Å². The lowest BCUT2D eigenvalue weighted by Crippen LogP contribution is -2.48. The number of aromatic nitrogens is 1. The molecule has 9 nitrogen and oxygen atoms in total. The zero-order chi connectivity index (χ0) is 27.1. The SMILES string of the molecule is CCC1CCCCN1S(=O)(=O)c1ccc(C(=O)N2CCN(c3nc4c(S(C)(=O)=O)cccc4s3)CC2)cc1. The number of fused-ring (bicyclic) bond motifs is 1. The average molecular weight is 577 g/mol. The van der Waals surface area contributed by atoms with E-state index in [4.69, 9.17) is 0 Å². The number of carbonyl (C=O) groups is 1. The van der Waals surface area contributed by atoms with Crippen molar-refractivity contribution in [3.8, 4) is 0 Å². The molecule has 0 bridgehead atoms. The molecule has 1 aromatic heterocycles. The van der Waals surface area contributed by atoms with Crippen LogP contribution in [0.3, 0.4) is 0 Å². The van der Waals surface area contributed by atoms with E-state index in [0.29, 0.717) is 43.8 Å². The normalized spacial score (nSPS) is 19.7. The molecule has 0 saturated carbocycles. The molecule has 2 aromatic carbocycles. The molecule has 0 spiro atoms. The molecule has 3 aromatic rings. The van der Waals surface area contributed by atoms with Crippen LogP contribution in [0.25, 0.3) is 10.2 Å². The fraction of sp³-hybridized carbons (Fsp3) is 0.462. The maximum atomic E-state index is 13.2. The molecule has 2 aliphatic rings. The van der Waals surface area contributed by atoms with Gasteiger partial charge in [-0.05, 0) is 55.7 Å². The fourth-order valence-corrected chi connectivity index (χ4v) is 8.94. The van der Waals surface area contributed by atoms with Gasteiger partial charge in [0.05, 0.1) is 14.5 Å². The lowest BCUT2D eigenvalue weighted by molar-refractivity contribution is 0.0746. The summed E-state index contributed by atoms with van der Waals surface area (Å²) in [7, 11) is -6.98. The molecule has 3 heterocycles. The highest BCUT2D eigenvalue weighted by atomic mass is 32.2. The van der Waals surface area contributed by atoms with Crippen molar-refractivity contribution in [1.82, 2.24) is 14.2 Å². The van der Waals surface area contributed by atoms with Gasteiger partial charge in [-0.1, -0.05) is 30.7 Å². The second kappa shape index (κ2) is 10.6. The predicted molar refractivity (Wildman–Crippen MR) is 149 cm³/mol. The number of hydrogen-bond acceptors (Lipinski definition) is 8. The first-order valence-corrected chi connectivity index (χ1v) is 17.0. The van der Waals surface area contributed by atoms with Crippen molar-refractivity contribution in [2.75, 3.05) is 43.9 Å². The van der Waals surface area contributed by atoms with Crippen LogP contribution in [0.1, 0.15) is 43.0 Å². The Bertz CT molecular complexity index is 1540. The summed E-state index contributed by atoms with van der Waals surface area (Å²) in [5.41, 5.74) is 0.944. The van der Waals surface area contributed by atoms with Gasteiger partial charge in [0.25, 0.3) is 5.91 Å². The number of piperazine rings is 1. The summed E-state index contributed by atoms with van der Waals surface area (Å²) in [5.74, 6) is -0.137. The van der Waals surface area contributed by atoms with Crippen LogP contribution in [0.4, 0.5) is 5.13 Å². The summed E-state index contributed by atoms with van der Waals surface area (Å²) in [5, 5.41) is 0.737. The molecule has 0 N–H and O–H groups in total. The minimum absolute atomic E-state index is 0.0275. The van der Waals surface area contributed by atoms with E-state index in [-0.39, 0.29) is 21.7 Å². The maximum Gasteiger partial charge on any atom is 0.253 e. The maximum absolute atomic E-state index is 13.2. The van der Waals surface area contributed by atoms with Crippen molar-refractivity contribution in [3.05, 3.63) is 48.0 Å². The standard InChI is InChI=1S/C26H32N4O5S3/c1-3-20-7-4-5-14-30(20)38(34,35)21-12-10-19(11-13-21)25(31)28-15-17-29(18-16-28)26-27-24-22(36-26)8-6-9-23(24)37(2,32)33/h6,8-13,20H,3-5,7,14-18H2,1-2H3. The van der Waals surface area contributed by atoms with Gasteiger partial charge in [0.1, 0.15) is 5.52 Å². The molecule has 12 heteroatoms. The van der Waals surface area contributed by atoms with E-state index in [1.165, 1.54) is 17.6 Å². The Balaban J connectivity index is 1.26. The molecule has 5 rings (SSSR count). The molecule has 1 unspecified atom stereocenters. The lowest BCUT2D eigenvalue weighted by Gasteiger charge is -2.35. The van der Waals surface area contributed by atoms with Gasteiger partial charge in [-0.25, -0.2) is 21.8 Å². The summed E-state index contributed by atoms with van der Waals surface area (Å²) in [6.07, 6.45) is 4.77. The number of hydrogen-bond donors (Lipinski definition) is 0. The number of para-hydroxylation sites is 1. The number of thiazole rings is 1. The highest BCUT2D eigenvalue weighted by Gasteiger charge is 2.33. The van der Waals surface area contributed by atoms with Gasteiger partial charge in [-0.15, -0.1) is 0 Å². The van der Waals surface area contributed by atoms with Crippen molar-refractivity contribution in [2.45, 2.75) is 48.4 Å². The quantitative estimate of drug-likeness (QED) is 0.441. The fourth-order valence-electron chi connectivity index (χ4n) is 5.23. The Hall–Kier alpha value is -2.54. The average Bonchev–Trinajstić information content (AvgIpc) is 3.37. The van der Waals surface area contributed by atoms with Gasteiger partial charge in [-0.3, -0.25) is 4.79 Å². The summed E-state index contributed by atoms with van der Waals surface area (Å²) in [4.78, 5) is 22.1. The Morgan fingerprint density at radius 2 is 1.68 bits per heavy atom. The molecule has 2 fully saturated rings. The van der Waals surface area contributed by atoms with E-state index in [9.17, 15) is 21.6 Å². The van der Waals surface area contributed by atoms with Gasteiger partial charge in [0, 0.05) is 50.6 Å². The van der Waals surface area contributed by atoms with Gasteiger partial charge in [0.2, 0.25) is 10.0 Å². The van der Waals surface area contributed by atoms with Crippen molar-refractivity contribution >= 4 is 52.5 Å². The second-order valence-corrected chi connectivity index (χ2v) is 14.7. The lowest BCUT2D eigenvalue weighted by atomic mass is 10.0. The molecule has 2 saturated heterocycles. The Morgan fingerprint density at radius 1 is 0.974 bits per heavy atom. The van der Waals surface area contributed by atoms with Crippen LogP contribution >= 0.6 is 11.3 Å². The first-order chi connectivity index (χ1) is 18.1. The number of carbonyl (C=O) groups excluding carboxylic acids is 1.